The van der Waals surface area contributed by atoms with Crippen molar-refractivity contribution < 1.29 is 5.11 Å². The van der Waals surface area contributed by atoms with Gasteiger partial charge in [-0.25, -0.2) is 9.67 Å². The Morgan fingerprint density at radius 3 is 1.96 bits per heavy atom. The summed E-state index contributed by atoms with van der Waals surface area (Å²) in [6, 6.07) is 41.6. The maximum absolute atomic E-state index is 10.5. The summed E-state index contributed by atoms with van der Waals surface area (Å²) in [7, 11) is 0. The average molecular weight is 603 g/mol. The quantitative estimate of drug-likeness (QED) is 0.197. The van der Waals surface area contributed by atoms with Crippen molar-refractivity contribution >= 4 is 11.0 Å². The predicted molar refractivity (Wildman–Crippen MR) is 189 cm³/mol. The Bertz CT molecular complexity index is 2160. The van der Waals surface area contributed by atoms with Crippen LogP contribution >= 0.6 is 0 Å². The van der Waals surface area contributed by atoms with Crippen LogP contribution in [0.3, 0.4) is 0 Å². The van der Waals surface area contributed by atoms with Crippen LogP contribution in [0.25, 0.3) is 56.2 Å². The van der Waals surface area contributed by atoms with E-state index in [0.29, 0.717) is 5.69 Å². The van der Waals surface area contributed by atoms with Gasteiger partial charge in [0.25, 0.3) is 0 Å². The summed E-state index contributed by atoms with van der Waals surface area (Å²) in [6.07, 6.45) is 0. The average Bonchev–Trinajstić information content (AvgIpc) is 3.65. The van der Waals surface area contributed by atoms with E-state index in [-0.39, 0.29) is 17.6 Å². The molecule has 7 aromatic rings. The van der Waals surface area contributed by atoms with E-state index in [4.69, 9.17) is 10.1 Å². The van der Waals surface area contributed by atoms with E-state index in [0.717, 1.165) is 39.4 Å². The van der Waals surface area contributed by atoms with Crippen LogP contribution in [0.2, 0.25) is 0 Å². The van der Waals surface area contributed by atoms with Gasteiger partial charge in [-0.15, -0.1) is 0 Å². The van der Waals surface area contributed by atoms with Crippen LogP contribution in [0.4, 0.5) is 0 Å². The Morgan fingerprint density at radius 2 is 1.24 bits per heavy atom. The SMILES string of the molecule is Cc1cc(-c2cccc(-c3nc4ccccc4n3-c3c(C(C)C)cc(-c4ccccc4)cc3C(C)C)c2)nn1-c1ccccc1O. The first-order chi connectivity index (χ1) is 22.3. The highest BCUT2D eigenvalue weighted by atomic mass is 16.3. The third kappa shape index (κ3) is 5.18. The number of hydrogen-bond donors (Lipinski definition) is 1. The minimum atomic E-state index is 0.197. The van der Waals surface area contributed by atoms with E-state index in [1.807, 2.05) is 25.1 Å². The fraction of sp³-hybridized carbons (Fsp3) is 0.171. The molecule has 5 heteroatoms. The van der Waals surface area contributed by atoms with Gasteiger partial charge in [0.1, 0.15) is 17.3 Å². The van der Waals surface area contributed by atoms with Gasteiger partial charge in [0, 0.05) is 16.8 Å². The Labute approximate surface area is 270 Å². The van der Waals surface area contributed by atoms with E-state index in [1.165, 1.54) is 27.9 Å². The molecule has 0 atom stereocenters. The van der Waals surface area contributed by atoms with Gasteiger partial charge in [0.2, 0.25) is 0 Å². The number of rotatable bonds is 7. The Hall–Kier alpha value is -5.42. The number of phenolic OH excluding ortho intramolecular Hbond substituents is 1. The van der Waals surface area contributed by atoms with Crippen LogP contribution < -0.4 is 0 Å². The third-order valence-electron chi connectivity index (χ3n) is 8.72. The summed E-state index contributed by atoms with van der Waals surface area (Å²) in [5.74, 6) is 1.68. The molecule has 1 N–H and O–H groups in total. The number of imidazole rings is 1. The highest BCUT2D eigenvalue weighted by Gasteiger charge is 2.24. The first kappa shape index (κ1) is 29.3. The topological polar surface area (TPSA) is 55.9 Å². The van der Waals surface area contributed by atoms with Gasteiger partial charge in [-0.1, -0.05) is 100 Å². The highest BCUT2D eigenvalue weighted by molar-refractivity contribution is 5.86. The predicted octanol–water partition coefficient (Wildman–Crippen LogP) is 10.5. The minimum absolute atomic E-state index is 0.197. The molecule has 0 spiro atoms. The maximum Gasteiger partial charge on any atom is 0.145 e. The van der Waals surface area contributed by atoms with Gasteiger partial charge < -0.3 is 5.11 Å². The molecule has 0 aliphatic carbocycles. The number of aromatic hydroxyl groups is 1. The molecular formula is C41H38N4O. The Balaban J connectivity index is 1.44. The van der Waals surface area contributed by atoms with Crippen molar-refractivity contribution in [1.29, 1.82) is 0 Å². The van der Waals surface area contributed by atoms with E-state index >= 15 is 0 Å². The molecule has 228 valence electrons. The zero-order valence-corrected chi connectivity index (χ0v) is 26.9. The number of benzene rings is 5. The molecule has 0 unspecified atom stereocenters. The molecule has 2 heterocycles. The smallest absolute Gasteiger partial charge is 0.145 e. The molecule has 0 amide bonds. The van der Waals surface area contributed by atoms with Crippen molar-refractivity contribution in [2.24, 2.45) is 0 Å². The molecule has 0 bridgehead atoms. The standard InChI is InChI=1S/C41H38N4O/c1-26(2)33-24-32(29-14-7-6-8-15-29)25-34(27(3)4)40(33)44-37-19-10-9-18-35(37)42-41(44)31-17-13-16-30(23-31)36-22-28(5)45(43-36)38-20-11-12-21-39(38)46/h6-27,46H,1-5H3. The molecule has 0 fully saturated rings. The second-order valence-electron chi connectivity index (χ2n) is 12.6. The molecule has 0 radical (unpaired) electrons. The number of hydrogen-bond acceptors (Lipinski definition) is 3. The fourth-order valence-electron chi connectivity index (χ4n) is 6.38. The van der Waals surface area contributed by atoms with Crippen molar-refractivity contribution in [3.63, 3.8) is 0 Å². The van der Waals surface area contributed by atoms with Gasteiger partial charge in [0.05, 0.1) is 22.4 Å². The number of para-hydroxylation sites is 4. The summed E-state index contributed by atoms with van der Waals surface area (Å²) >= 11 is 0. The largest absolute Gasteiger partial charge is 0.506 e. The summed E-state index contributed by atoms with van der Waals surface area (Å²) in [4.78, 5) is 5.26. The van der Waals surface area contributed by atoms with Crippen LogP contribution in [0, 0.1) is 6.92 Å². The molecule has 7 rings (SSSR count). The van der Waals surface area contributed by atoms with Crippen LogP contribution in [0.1, 0.15) is 56.4 Å². The first-order valence-electron chi connectivity index (χ1n) is 16.0. The molecule has 0 saturated carbocycles. The normalized spacial score (nSPS) is 11.6. The van der Waals surface area contributed by atoms with Gasteiger partial charge in [-0.2, -0.15) is 5.10 Å². The number of nitrogens with zero attached hydrogens (tertiary/aromatic N) is 4. The van der Waals surface area contributed by atoms with Crippen molar-refractivity contribution in [3.8, 4) is 50.9 Å². The second kappa shape index (κ2) is 11.8. The van der Waals surface area contributed by atoms with Gasteiger partial charge in [-0.05, 0) is 89.5 Å². The minimum Gasteiger partial charge on any atom is -0.506 e. The fourth-order valence-corrected chi connectivity index (χ4v) is 6.38. The van der Waals surface area contributed by atoms with Gasteiger partial charge >= 0.3 is 0 Å². The molecule has 0 saturated heterocycles. The number of aryl methyl sites for hydroxylation is 1. The van der Waals surface area contributed by atoms with Crippen LogP contribution in [-0.2, 0) is 0 Å². The lowest BCUT2D eigenvalue weighted by atomic mass is 9.88. The molecule has 5 nitrogen and oxygen atoms in total. The van der Waals surface area contributed by atoms with Crippen molar-refractivity contribution in [3.05, 3.63) is 138 Å². The maximum atomic E-state index is 10.5. The summed E-state index contributed by atoms with van der Waals surface area (Å²) in [5, 5.41) is 15.4. The molecule has 0 aliphatic heterocycles. The van der Waals surface area contributed by atoms with E-state index in [9.17, 15) is 5.11 Å². The molecule has 2 aromatic heterocycles. The number of fused-ring (bicyclic) bond motifs is 1. The van der Waals surface area contributed by atoms with Crippen molar-refractivity contribution in [2.45, 2.75) is 46.5 Å². The highest BCUT2D eigenvalue weighted by Crippen LogP contribution is 2.40. The Morgan fingerprint density at radius 1 is 0.609 bits per heavy atom. The Kier molecular flexibility index (Phi) is 7.53. The summed E-state index contributed by atoms with van der Waals surface area (Å²) in [6.45, 7) is 11.1. The van der Waals surface area contributed by atoms with Crippen LogP contribution in [0.15, 0.2) is 121 Å². The summed E-state index contributed by atoms with van der Waals surface area (Å²) < 4.78 is 4.17. The summed E-state index contributed by atoms with van der Waals surface area (Å²) in [5.41, 5.74) is 12.7. The van der Waals surface area contributed by atoms with Crippen LogP contribution in [-0.4, -0.2) is 24.4 Å². The van der Waals surface area contributed by atoms with Gasteiger partial charge in [-0.3, -0.25) is 4.57 Å². The lowest BCUT2D eigenvalue weighted by Crippen LogP contribution is -2.09. The van der Waals surface area contributed by atoms with E-state index in [2.05, 4.69) is 129 Å². The second-order valence-corrected chi connectivity index (χ2v) is 12.6. The number of phenols is 1. The number of aromatic nitrogens is 4. The molecular weight excluding hydrogens is 564 g/mol. The van der Waals surface area contributed by atoms with E-state index < -0.39 is 0 Å². The first-order valence-corrected chi connectivity index (χ1v) is 16.0. The van der Waals surface area contributed by atoms with Crippen molar-refractivity contribution in [2.75, 3.05) is 0 Å². The zero-order valence-electron chi connectivity index (χ0n) is 26.9. The zero-order chi connectivity index (χ0) is 31.9. The molecule has 0 aliphatic rings. The lowest BCUT2D eigenvalue weighted by molar-refractivity contribution is 0.470. The van der Waals surface area contributed by atoms with Crippen LogP contribution in [0.5, 0.6) is 5.75 Å². The lowest BCUT2D eigenvalue weighted by Gasteiger charge is -2.24. The van der Waals surface area contributed by atoms with Gasteiger partial charge in [0.15, 0.2) is 0 Å². The molecule has 5 aromatic carbocycles. The molecule has 46 heavy (non-hydrogen) atoms. The van der Waals surface area contributed by atoms with Crippen molar-refractivity contribution in [1.82, 2.24) is 19.3 Å². The third-order valence-corrected chi connectivity index (χ3v) is 8.72. The van der Waals surface area contributed by atoms with E-state index in [1.54, 1.807) is 10.7 Å². The monoisotopic (exact) mass is 602 g/mol.